The van der Waals surface area contributed by atoms with Gasteiger partial charge in [-0.2, -0.15) is 0 Å². The lowest BCUT2D eigenvalue weighted by atomic mass is 9.99. The molecule has 0 spiro atoms. The van der Waals surface area contributed by atoms with Crippen LogP contribution in [0.5, 0.6) is 0 Å². The molecule has 0 atom stereocenters. The van der Waals surface area contributed by atoms with Crippen LogP contribution >= 0.6 is 0 Å². The van der Waals surface area contributed by atoms with E-state index in [1.54, 1.807) is 19.5 Å². The maximum Gasteiger partial charge on any atom is 0.134 e. The van der Waals surface area contributed by atoms with E-state index in [2.05, 4.69) is 57.8 Å². The molecule has 4 aromatic rings. The van der Waals surface area contributed by atoms with Crippen LogP contribution in [0.25, 0.3) is 22.6 Å². The van der Waals surface area contributed by atoms with Gasteiger partial charge in [0.2, 0.25) is 0 Å². The Morgan fingerprint density at radius 3 is 2.63 bits per heavy atom. The molecular weight excluding hydrogens is 372 g/mol. The molecule has 1 aliphatic heterocycles. The maximum absolute atomic E-state index is 6.32. The molecule has 2 aromatic carbocycles. The van der Waals surface area contributed by atoms with Crippen LogP contribution in [0.1, 0.15) is 16.7 Å². The zero-order chi connectivity index (χ0) is 20.5. The number of aromatic nitrogens is 1. The molecule has 0 saturated carbocycles. The average Bonchev–Trinajstić information content (AvgIpc) is 3.23. The first-order valence-electron chi connectivity index (χ1n) is 9.97. The van der Waals surface area contributed by atoms with Gasteiger partial charge in [-0.15, -0.1) is 0 Å². The molecule has 5 heteroatoms. The minimum atomic E-state index is 0.428. The number of para-hydroxylation sites is 1. The maximum atomic E-state index is 6.32. The Kier molecular flexibility index (Phi) is 4.56. The van der Waals surface area contributed by atoms with Gasteiger partial charge in [-0.25, -0.2) is 4.98 Å². The van der Waals surface area contributed by atoms with Crippen LogP contribution in [0.15, 0.2) is 76.3 Å². The summed E-state index contributed by atoms with van der Waals surface area (Å²) < 4.78 is 5.64. The lowest BCUT2D eigenvalue weighted by Gasteiger charge is -2.13. The monoisotopic (exact) mass is 394 g/mol. The van der Waals surface area contributed by atoms with E-state index in [0.29, 0.717) is 5.82 Å². The van der Waals surface area contributed by atoms with E-state index in [0.717, 1.165) is 52.4 Å². The smallest absolute Gasteiger partial charge is 0.134 e. The topological polar surface area (TPSA) is 76.4 Å². The highest BCUT2D eigenvalue weighted by molar-refractivity contribution is 5.95. The van der Waals surface area contributed by atoms with Crippen molar-refractivity contribution in [3.63, 3.8) is 0 Å². The second kappa shape index (κ2) is 7.52. The molecule has 0 unspecified atom stereocenters. The third-order valence-corrected chi connectivity index (χ3v) is 5.49. The molecule has 0 radical (unpaired) electrons. The van der Waals surface area contributed by atoms with Crippen molar-refractivity contribution < 1.29 is 4.42 Å². The minimum absolute atomic E-state index is 0.428. The molecule has 0 aliphatic carbocycles. The molecule has 3 N–H and O–H groups in total. The fourth-order valence-corrected chi connectivity index (χ4v) is 3.97. The number of nitrogens with zero attached hydrogens (tertiary/aromatic N) is 2. The largest absolute Gasteiger partial charge is 0.464 e. The summed E-state index contributed by atoms with van der Waals surface area (Å²) in [7, 11) is 1.72. The third-order valence-electron chi connectivity index (χ3n) is 5.49. The summed E-state index contributed by atoms with van der Waals surface area (Å²) in [5.74, 6) is 1.17. The summed E-state index contributed by atoms with van der Waals surface area (Å²) >= 11 is 0. The fraction of sp³-hybridized carbons (Fsp3) is 0.120. The number of nitrogens with two attached hydrogens (primary N) is 1. The van der Waals surface area contributed by atoms with Crippen LogP contribution in [0, 0.1) is 0 Å². The third kappa shape index (κ3) is 3.24. The number of furan rings is 1. The zero-order valence-electron chi connectivity index (χ0n) is 16.7. The van der Waals surface area contributed by atoms with E-state index in [1.807, 2.05) is 18.2 Å². The summed E-state index contributed by atoms with van der Waals surface area (Å²) in [5, 5.41) is 3.60. The Morgan fingerprint density at radius 2 is 1.83 bits per heavy atom. The second-order valence-corrected chi connectivity index (χ2v) is 7.37. The number of fused-ring (bicyclic) bond motifs is 2. The number of anilines is 3. The van der Waals surface area contributed by atoms with Crippen molar-refractivity contribution in [1.82, 2.24) is 4.98 Å². The molecule has 2 aromatic heterocycles. The van der Waals surface area contributed by atoms with Crippen molar-refractivity contribution in [3.05, 3.63) is 83.6 Å². The number of hydrogen-bond acceptors (Lipinski definition) is 5. The number of hydrogen-bond donors (Lipinski definition) is 2. The first-order chi connectivity index (χ1) is 14.7. The Morgan fingerprint density at radius 1 is 1.00 bits per heavy atom. The Bertz CT molecular complexity index is 1240. The van der Waals surface area contributed by atoms with Gasteiger partial charge in [0, 0.05) is 41.3 Å². The first-order valence-corrected chi connectivity index (χ1v) is 9.97. The van der Waals surface area contributed by atoms with E-state index < -0.39 is 0 Å². The average molecular weight is 394 g/mol. The fourth-order valence-electron chi connectivity index (χ4n) is 3.97. The second-order valence-electron chi connectivity index (χ2n) is 7.37. The Labute approximate surface area is 175 Å². The number of aliphatic imine (C=N–C) groups is 1. The zero-order valence-corrected chi connectivity index (χ0v) is 16.7. The van der Waals surface area contributed by atoms with Crippen LogP contribution < -0.4 is 11.1 Å². The molecular formula is C25H22N4O. The van der Waals surface area contributed by atoms with Gasteiger partial charge in [-0.1, -0.05) is 30.3 Å². The van der Waals surface area contributed by atoms with Crippen LogP contribution in [-0.4, -0.2) is 18.2 Å². The molecule has 148 valence electrons. The van der Waals surface area contributed by atoms with Crippen LogP contribution in [0.4, 0.5) is 17.2 Å². The van der Waals surface area contributed by atoms with E-state index in [4.69, 9.17) is 10.2 Å². The van der Waals surface area contributed by atoms with Crippen LogP contribution in [0.2, 0.25) is 0 Å². The number of pyridine rings is 1. The van der Waals surface area contributed by atoms with Crippen molar-refractivity contribution >= 4 is 23.4 Å². The number of benzene rings is 2. The summed E-state index contributed by atoms with van der Waals surface area (Å²) in [6.45, 7) is 0. The number of nitrogen functional groups attached to an aromatic ring is 1. The molecule has 0 saturated heterocycles. The molecule has 0 fully saturated rings. The van der Waals surface area contributed by atoms with Crippen molar-refractivity contribution in [3.8, 4) is 22.6 Å². The molecule has 5 nitrogen and oxygen atoms in total. The van der Waals surface area contributed by atoms with Gasteiger partial charge in [0.25, 0.3) is 0 Å². The van der Waals surface area contributed by atoms with Gasteiger partial charge < -0.3 is 15.5 Å². The Hall–Kier alpha value is -3.86. The van der Waals surface area contributed by atoms with E-state index in [9.17, 15) is 0 Å². The highest BCUT2D eigenvalue weighted by Crippen LogP contribution is 2.35. The van der Waals surface area contributed by atoms with Crippen LogP contribution in [0.3, 0.4) is 0 Å². The van der Waals surface area contributed by atoms with E-state index in [1.165, 1.54) is 11.1 Å². The van der Waals surface area contributed by atoms with Gasteiger partial charge in [-0.05, 0) is 54.3 Å². The van der Waals surface area contributed by atoms with Gasteiger partial charge in [0.15, 0.2) is 0 Å². The van der Waals surface area contributed by atoms with E-state index >= 15 is 0 Å². The highest BCUT2D eigenvalue weighted by Gasteiger charge is 2.17. The molecule has 30 heavy (non-hydrogen) atoms. The van der Waals surface area contributed by atoms with Crippen molar-refractivity contribution in [2.75, 3.05) is 18.1 Å². The summed E-state index contributed by atoms with van der Waals surface area (Å²) in [5.41, 5.74) is 14.7. The number of aryl methyl sites for hydroxylation is 2. The van der Waals surface area contributed by atoms with Crippen LogP contribution in [-0.2, 0) is 12.8 Å². The molecule has 5 rings (SSSR count). The standard InChI is InChI=1S/C25H22N4O/c1-27-15-20-19(24-7-4-12-30-24)14-23(29-25(20)26)18-11-10-17-9-8-16-5-2-3-6-21(16)28-22(17)13-18/h2-7,10-15,28H,8-9H2,1H3,(H2,26,29). The first kappa shape index (κ1) is 18.2. The predicted octanol–water partition coefficient (Wildman–Crippen LogP) is 5.48. The lowest BCUT2D eigenvalue weighted by Crippen LogP contribution is -2.02. The van der Waals surface area contributed by atoms with Gasteiger partial charge in [0.05, 0.1) is 12.0 Å². The number of rotatable bonds is 3. The highest BCUT2D eigenvalue weighted by atomic mass is 16.3. The summed E-state index contributed by atoms with van der Waals surface area (Å²) in [4.78, 5) is 8.80. The van der Waals surface area contributed by atoms with Gasteiger partial charge in [0.1, 0.15) is 11.6 Å². The molecule has 0 amide bonds. The summed E-state index contributed by atoms with van der Waals surface area (Å²) in [6.07, 6.45) is 5.40. The number of nitrogens with one attached hydrogen (secondary N) is 1. The van der Waals surface area contributed by atoms with Gasteiger partial charge >= 0.3 is 0 Å². The van der Waals surface area contributed by atoms with Crippen molar-refractivity contribution in [2.45, 2.75) is 12.8 Å². The molecule has 3 heterocycles. The van der Waals surface area contributed by atoms with Crippen molar-refractivity contribution in [2.24, 2.45) is 4.99 Å². The molecule has 1 aliphatic rings. The van der Waals surface area contributed by atoms with Gasteiger partial charge in [-0.3, -0.25) is 4.99 Å². The lowest BCUT2D eigenvalue weighted by molar-refractivity contribution is 0.582. The molecule has 0 bridgehead atoms. The Balaban J connectivity index is 1.61. The van der Waals surface area contributed by atoms with Crippen molar-refractivity contribution in [1.29, 1.82) is 0 Å². The SMILES string of the molecule is CN=Cc1c(-c2ccco2)cc(-c2ccc3c(c2)Nc2ccccc2CC3)nc1N. The quantitative estimate of drug-likeness (QED) is 0.451. The van der Waals surface area contributed by atoms with E-state index in [-0.39, 0.29) is 0 Å². The predicted molar refractivity (Wildman–Crippen MR) is 122 cm³/mol. The summed E-state index contributed by atoms with van der Waals surface area (Å²) in [6, 6.07) is 20.7. The minimum Gasteiger partial charge on any atom is -0.464 e. The normalized spacial score (nSPS) is 12.8.